The Morgan fingerprint density at radius 1 is 1.14 bits per heavy atom. The summed E-state index contributed by atoms with van der Waals surface area (Å²) in [6, 6.07) is 11.3. The Kier molecular flexibility index (Phi) is 4.02. The molecule has 108 valence electrons. The second-order valence-electron chi connectivity index (χ2n) is 4.66. The molecule has 1 heterocycles. The smallest absolute Gasteiger partial charge is 0.272 e. The monoisotopic (exact) mass is 338 g/mol. The first-order chi connectivity index (χ1) is 10.1. The summed E-state index contributed by atoms with van der Waals surface area (Å²) >= 11 is 13.6. The van der Waals surface area contributed by atoms with Gasteiger partial charge in [-0.2, -0.15) is 0 Å². The first kappa shape index (κ1) is 14.6. The van der Waals surface area contributed by atoms with Gasteiger partial charge in [0.25, 0.3) is 5.56 Å². The summed E-state index contributed by atoms with van der Waals surface area (Å²) in [7, 11) is 0. The largest absolute Gasteiger partial charge is 0.280 e. The van der Waals surface area contributed by atoms with Gasteiger partial charge in [0, 0.05) is 4.90 Å². The predicted octanol–water partition coefficient (Wildman–Crippen LogP) is 4.41. The molecule has 0 unspecified atom stereocenters. The molecular formula is C15H12Cl2N2OS. The highest BCUT2D eigenvalue weighted by Crippen LogP contribution is 2.24. The molecule has 0 spiro atoms. The second-order valence-corrected chi connectivity index (χ2v) is 6.35. The Balaban J connectivity index is 2.04. The molecule has 0 amide bonds. The van der Waals surface area contributed by atoms with Crippen LogP contribution in [0.15, 0.2) is 46.1 Å². The minimum absolute atomic E-state index is 0.0824. The number of fused-ring (bicyclic) bond motifs is 1. The van der Waals surface area contributed by atoms with E-state index in [1.165, 1.54) is 0 Å². The average Bonchev–Trinajstić information content (AvgIpc) is 2.79. The Morgan fingerprint density at radius 3 is 2.67 bits per heavy atom. The molecular weight excluding hydrogens is 327 g/mol. The van der Waals surface area contributed by atoms with Gasteiger partial charge in [-0.05, 0) is 42.2 Å². The number of nitrogens with zero attached hydrogens (tertiary/aromatic N) is 1. The van der Waals surface area contributed by atoms with E-state index in [0.29, 0.717) is 22.0 Å². The van der Waals surface area contributed by atoms with Crippen LogP contribution in [-0.2, 0) is 6.54 Å². The Bertz CT molecular complexity index is 870. The Hall–Kier alpha value is -1.36. The zero-order chi connectivity index (χ0) is 15.0. The van der Waals surface area contributed by atoms with Gasteiger partial charge >= 0.3 is 0 Å². The third kappa shape index (κ3) is 2.84. The predicted molar refractivity (Wildman–Crippen MR) is 89.9 cm³/mol. The molecule has 1 aromatic heterocycles. The van der Waals surface area contributed by atoms with E-state index in [-0.39, 0.29) is 5.56 Å². The number of benzene rings is 2. The van der Waals surface area contributed by atoms with Crippen molar-refractivity contribution in [3.05, 3.63) is 62.4 Å². The van der Waals surface area contributed by atoms with Gasteiger partial charge in [0.1, 0.15) is 0 Å². The molecule has 0 radical (unpaired) electrons. The number of thioether (sulfide) groups is 1. The van der Waals surface area contributed by atoms with Crippen LogP contribution in [0.25, 0.3) is 10.9 Å². The van der Waals surface area contributed by atoms with Gasteiger partial charge in [-0.15, -0.1) is 11.8 Å². The van der Waals surface area contributed by atoms with Crippen LogP contribution in [0.1, 0.15) is 5.56 Å². The standard InChI is InChI=1S/C15H12Cl2N2OS/c1-21-10-3-5-14-11(7-10)15(20)18-19(14)8-9-2-4-12(16)13(17)6-9/h2-7H,8H2,1H3,(H,18,20). The van der Waals surface area contributed by atoms with Crippen molar-refractivity contribution in [1.82, 2.24) is 9.78 Å². The van der Waals surface area contributed by atoms with Gasteiger partial charge in [0.15, 0.2) is 0 Å². The van der Waals surface area contributed by atoms with Crippen LogP contribution in [0.4, 0.5) is 0 Å². The number of halogens is 2. The van der Waals surface area contributed by atoms with Gasteiger partial charge in [-0.3, -0.25) is 14.6 Å². The van der Waals surface area contributed by atoms with Crippen molar-refractivity contribution in [2.24, 2.45) is 0 Å². The molecule has 0 saturated carbocycles. The van der Waals surface area contributed by atoms with E-state index in [0.717, 1.165) is 16.0 Å². The van der Waals surface area contributed by atoms with Crippen molar-refractivity contribution in [3.8, 4) is 0 Å². The van der Waals surface area contributed by atoms with E-state index in [1.807, 2.05) is 41.3 Å². The van der Waals surface area contributed by atoms with Crippen LogP contribution in [0.3, 0.4) is 0 Å². The fourth-order valence-corrected chi connectivity index (χ4v) is 3.01. The molecule has 3 rings (SSSR count). The lowest BCUT2D eigenvalue weighted by molar-refractivity contribution is 0.703. The normalized spacial score (nSPS) is 11.2. The summed E-state index contributed by atoms with van der Waals surface area (Å²) in [4.78, 5) is 13.1. The van der Waals surface area contributed by atoms with E-state index in [2.05, 4.69) is 5.10 Å². The summed E-state index contributed by atoms with van der Waals surface area (Å²) in [5, 5.41) is 4.59. The third-order valence-corrected chi connectivity index (χ3v) is 4.76. The van der Waals surface area contributed by atoms with Crippen molar-refractivity contribution in [2.45, 2.75) is 11.4 Å². The first-order valence-electron chi connectivity index (χ1n) is 6.29. The molecule has 0 fully saturated rings. The maximum atomic E-state index is 12.0. The Morgan fingerprint density at radius 2 is 1.95 bits per heavy atom. The molecule has 1 N–H and O–H groups in total. The number of rotatable bonds is 3. The topological polar surface area (TPSA) is 37.8 Å². The lowest BCUT2D eigenvalue weighted by Crippen LogP contribution is -2.06. The minimum atomic E-state index is -0.0824. The van der Waals surface area contributed by atoms with Crippen molar-refractivity contribution >= 4 is 45.9 Å². The molecule has 0 aliphatic rings. The molecule has 2 aromatic carbocycles. The number of hydrogen-bond donors (Lipinski definition) is 1. The molecule has 0 aliphatic heterocycles. The highest BCUT2D eigenvalue weighted by Gasteiger charge is 2.08. The van der Waals surface area contributed by atoms with Gasteiger partial charge in [0.05, 0.1) is 27.5 Å². The van der Waals surface area contributed by atoms with Crippen LogP contribution >= 0.6 is 35.0 Å². The van der Waals surface area contributed by atoms with Crippen LogP contribution in [0, 0.1) is 0 Å². The molecule has 3 aromatic rings. The van der Waals surface area contributed by atoms with Gasteiger partial charge in [-0.1, -0.05) is 29.3 Å². The minimum Gasteiger partial charge on any atom is -0.280 e. The van der Waals surface area contributed by atoms with Crippen molar-refractivity contribution < 1.29 is 0 Å². The molecule has 0 bridgehead atoms. The van der Waals surface area contributed by atoms with E-state index in [1.54, 1.807) is 17.8 Å². The maximum absolute atomic E-state index is 12.0. The molecule has 0 atom stereocenters. The van der Waals surface area contributed by atoms with Crippen molar-refractivity contribution in [2.75, 3.05) is 6.26 Å². The molecule has 0 saturated heterocycles. The van der Waals surface area contributed by atoms with Crippen LogP contribution in [0.2, 0.25) is 10.0 Å². The summed E-state index contributed by atoms with van der Waals surface area (Å²) in [6.07, 6.45) is 1.99. The maximum Gasteiger partial charge on any atom is 0.272 e. The highest BCUT2D eigenvalue weighted by atomic mass is 35.5. The fraction of sp³-hybridized carbons (Fsp3) is 0.133. The number of H-pyrrole nitrogens is 1. The van der Waals surface area contributed by atoms with Gasteiger partial charge in [-0.25, -0.2) is 0 Å². The number of aromatic nitrogens is 2. The van der Waals surface area contributed by atoms with Gasteiger partial charge < -0.3 is 0 Å². The molecule has 0 aliphatic carbocycles. The lowest BCUT2D eigenvalue weighted by Gasteiger charge is -2.06. The summed E-state index contributed by atoms with van der Waals surface area (Å²) in [6.45, 7) is 0.536. The second kappa shape index (κ2) is 5.79. The highest BCUT2D eigenvalue weighted by molar-refractivity contribution is 7.98. The van der Waals surface area contributed by atoms with Crippen LogP contribution in [0.5, 0.6) is 0 Å². The molecule has 6 heteroatoms. The van der Waals surface area contributed by atoms with Crippen LogP contribution < -0.4 is 5.56 Å². The third-order valence-electron chi connectivity index (χ3n) is 3.30. The quantitative estimate of drug-likeness (QED) is 0.718. The SMILES string of the molecule is CSc1ccc2c(c1)c(=O)[nH]n2Cc1ccc(Cl)c(Cl)c1. The first-order valence-corrected chi connectivity index (χ1v) is 8.27. The van der Waals surface area contributed by atoms with Crippen molar-refractivity contribution in [1.29, 1.82) is 0 Å². The Labute approximate surface area is 135 Å². The van der Waals surface area contributed by atoms with Crippen LogP contribution in [-0.4, -0.2) is 16.0 Å². The van der Waals surface area contributed by atoms with E-state index >= 15 is 0 Å². The van der Waals surface area contributed by atoms with E-state index < -0.39 is 0 Å². The fourth-order valence-electron chi connectivity index (χ4n) is 2.25. The average molecular weight is 339 g/mol. The van der Waals surface area contributed by atoms with E-state index in [4.69, 9.17) is 23.2 Å². The van der Waals surface area contributed by atoms with Crippen molar-refractivity contribution in [3.63, 3.8) is 0 Å². The zero-order valence-electron chi connectivity index (χ0n) is 11.2. The van der Waals surface area contributed by atoms with E-state index in [9.17, 15) is 4.79 Å². The molecule has 3 nitrogen and oxygen atoms in total. The number of nitrogens with one attached hydrogen (secondary N) is 1. The summed E-state index contributed by atoms with van der Waals surface area (Å²) < 4.78 is 1.82. The number of aromatic amines is 1. The summed E-state index contributed by atoms with van der Waals surface area (Å²) in [5.74, 6) is 0. The molecule has 21 heavy (non-hydrogen) atoms. The zero-order valence-corrected chi connectivity index (χ0v) is 13.5. The lowest BCUT2D eigenvalue weighted by atomic mass is 10.2. The summed E-state index contributed by atoms with van der Waals surface area (Å²) in [5.41, 5.74) is 1.77. The number of hydrogen-bond acceptors (Lipinski definition) is 2. The van der Waals surface area contributed by atoms with Gasteiger partial charge in [0.2, 0.25) is 0 Å².